The van der Waals surface area contributed by atoms with Gasteiger partial charge in [-0.15, -0.1) is 0 Å². The molecule has 0 aliphatic carbocycles. The highest BCUT2D eigenvalue weighted by Gasteiger charge is 2.13. The van der Waals surface area contributed by atoms with Crippen molar-refractivity contribution in [2.24, 2.45) is 0 Å². The number of ketones is 1. The first kappa shape index (κ1) is 25.2. The molecule has 4 aromatic rings. The summed E-state index contributed by atoms with van der Waals surface area (Å²) in [4.78, 5) is 15.8. The van der Waals surface area contributed by atoms with Crippen LogP contribution in [0.2, 0.25) is 0 Å². The van der Waals surface area contributed by atoms with E-state index in [1.54, 1.807) is 39.7 Å². The summed E-state index contributed by atoms with van der Waals surface area (Å²) >= 11 is 0. The number of para-hydroxylation sites is 1. The maximum Gasteiger partial charge on any atom is 0.203 e. The number of carbonyl (C=O) groups is 1. The number of hydrogen-bond acceptors (Lipinski definition) is 7. The van der Waals surface area contributed by atoms with E-state index in [0.717, 1.165) is 16.5 Å². The van der Waals surface area contributed by atoms with Gasteiger partial charge in [0.15, 0.2) is 28.8 Å². The maximum absolute atomic E-state index is 12.7. The lowest BCUT2D eigenvalue weighted by Crippen LogP contribution is -1.98. The number of ether oxygens (including phenoxy) is 4. The van der Waals surface area contributed by atoms with Crippen LogP contribution in [-0.2, 0) is 0 Å². The summed E-state index contributed by atoms with van der Waals surface area (Å²) in [7, 11) is 6.13. The Morgan fingerprint density at radius 1 is 0.865 bits per heavy atom. The van der Waals surface area contributed by atoms with Gasteiger partial charge in [-0.25, -0.2) is 0 Å². The zero-order valence-electron chi connectivity index (χ0n) is 21.0. The number of nitrogens with one attached hydrogen (secondary N) is 2. The first-order valence-corrected chi connectivity index (χ1v) is 11.4. The van der Waals surface area contributed by atoms with Crippen molar-refractivity contribution in [3.8, 4) is 28.7 Å². The van der Waals surface area contributed by atoms with Crippen LogP contribution in [-0.4, -0.2) is 44.3 Å². The predicted octanol–water partition coefficient (Wildman–Crippen LogP) is 5.89. The van der Waals surface area contributed by atoms with Gasteiger partial charge in [-0.1, -0.05) is 30.4 Å². The van der Waals surface area contributed by atoms with E-state index < -0.39 is 0 Å². The largest absolute Gasteiger partial charge is 0.504 e. The highest BCUT2D eigenvalue weighted by Crippen LogP contribution is 2.39. The number of carbonyl (C=O) groups excluding carboxylic acids is 1. The number of phenols is 1. The molecule has 3 N–H and O–H groups in total. The number of aromatic nitrogens is 1. The molecule has 8 nitrogen and oxygen atoms in total. The van der Waals surface area contributed by atoms with Gasteiger partial charge in [0.25, 0.3) is 0 Å². The van der Waals surface area contributed by atoms with Crippen molar-refractivity contribution in [3.05, 3.63) is 83.7 Å². The Hall–Kier alpha value is -4.85. The molecule has 0 aliphatic rings. The van der Waals surface area contributed by atoms with Gasteiger partial charge < -0.3 is 34.4 Å². The minimum atomic E-state index is -0.161. The smallest absolute Gasteiger partial charge is 0.203 e. The van der Waals surface area contributed by atoms with Crippen LogP contribution >= 0.6 is 0 Å². The van der Waals surface area contributed by atoms with Gasteiger partial charge in [-0.3, -0.25) is 4.79 Å². The van der Waals surface area contributed by atoms with Gasteiger partial charge in [0.2, 0.25) is 5.75 Å². The van der Waals surface area contributed by atoms with Gasteiger partial charge in [-0.05, 0) is 41.5 Å². The summed E-state index contributed by atoms with van der Waals surface area (Å²) in [5, 5.41) is 14.4. The molecule has 0 radical (unpaired) electrons. The topological polar surface area (TPSA) is 102 Å². The van der Waals surface area contributed by atoms with Gasteiger partial charge >= 0.3 is 0 Å². The minimum Gasteiger partial charge on any atom is -0.504 e. The second kappa shape index (κ2) is 11.3. The van der Waals surface area contributed by atoms with Crippen LogP contribution in [0.1, 0.15) is 21.5 Å². The zero-order chi connectivity index (χ0) is 26.4. The van der Waals surface area contributed by atoms with E-state index in [1.165, 1.54) is 19.4 Å². The quantitative estimate of drug-likeness (QED) is 0.142. The van der Waals surface area contributed by atoms with Gasteiger partial charge in [0.1, 0.15) is 0 Å². The second-order valence-corrected chi connectivity index (χ2v) is 8.00. The minimum absolute atomic E-state index is 0.0478. The number of methoxy groups -OCH3 is 4. The van der Waals surface area contributed by atoms with Crippen molar-refractivity contribution in [1.82, 2.24) is 4.98 Å². The summed E-state index contributed by atoms with van der Waals surface area (Å²) < 4.78 is 21.6. The molecular formula is C29H28N2O6. The number of benzene rings is 3. The number of anilines is 1. The highest BCUT2D eigenvalue weighted by molar-refractivity contribution is 6.13. The molecule has 0 spiro atoms. The van der Waals surface area contributed by atoms with E-state index in [2.05, 4.69) is 10.3 Å². The molecule has 0 aliphatic heterocycles. The van der Waals surface area contributed by atoms with Crippen LogP contribution in [0.25, 0.3) is 23.1 Å². The molecule has 0 amide bonds. The van der Waals surface area contributed by atoms with Crippen molar-refractivity contribution in [2.45, 2.75) is 0 Å². The summed E-state index contributed by atoms with van der Waals surface area (Å²) in [6.45, 7) is 0. The van der Waals surface area contributed by atoms with Gasteiger partial charge in [0.05, 0.1) is 34.1 Å². The third kappa shape index (κ3) is 5.38. The van der Waals surface area contributed by atoms with E-state index in [9.17, 15) is 9.90 Å². The van der Waals surface area contributed by atoms with E-state index in [0.29, 0.717) is 34.1 Å². The van der Waals surface area contributed by atoms with E-state index >= 15 is 0 Å². The molecule has 0 fully saturated rings. The predicted molar refractivity (Wildman–Crippen MR) is 145 cm³/mol. The molecular weight excluding hydrogens is 472 g/mol. The Labute approximate surface area is 214 Å². The zero-order valence-corrected chi connectivity index (χ0v) is 21.0. The standard InChI is InChI=1S/C29H28N2O6/c1-34-26-15-19(16-27(35-2)29(26)37-4)10-9-18-13-23(28(36-3)25(33)14-18)30-12-11-24(32)21-17-31-22-8-6-5-7-20(21)22/h5-17,30-31,33H,1-4H3. The number of aromatic amines is 1. The SMILES string of the molecule is COc1cc(C=Cc2cc(O)c(OC)c(NC=CC(=O)c3c[nH]c4ccccc34)c2)cc(OC)c1OC. The molecule has 0 unspecified atom stereocenters. The van der Waals surface area contributed by atoms with E-state index in [4.69, 9.17) is 18.9 Å². The molecule has 3 aromatic carbocycles. The lowest BCUT2D eigenvalue weighted by molar-refractivity contribution is 0.104. The summed E-state index contributed by atoms with van der Waals surface area (Å²) in [5.74, 6) is 1.62. The second-order valence-electron chi connectivity index (χ2n) is 8.00. The maximum atomic E-state index is 12.7. The number of allylic oxidation sites excluding steroid dienone is 1. The average Bonchev–Trinajstić information content (AvgIpc) is 3.35. The number of fused-ring (bicyclic) bond motifs is 1. The molecule has 0 saturated heterocycles. The van der Waals surface area contributed by atoms with Crippen LogP contribution in [0.5, 0.6) is 28.7 Å². The number of aromatic hydroxyl groups is 1. The fourth-order valence-corrected chi connectivity index (χ4v) is 4.02. The Morgan fingerprint density at radius 3 is 2.16 bits per heavy atom. The summed E-state index contributed by atoms with van der Waals surface area (Å²) in [6, 6.07) is 14.6. The molecule has 0 atom stereocenters. The number of hydrogen-bond donors (Lipinski definition) is 3. The van der Waals surface area contributed by atoms with Crippen molar-refractivity contribution >= 4 is 34.5 Å². The fourth-order valence-electron chi connectivity index (χ4n) is 4.02. The van der Waals surface area contributed by atoms with E-state index in [-0.39, 0.29) is 17.3 Å². The first-order chi connectivity index (χ1) is 18.0. The lowest BCUT2D eigenvalue weighted by Gasteiger charge is -2.13. The first-order valence-electron chi connectivity index (χ1n) is 11.4. The Balaban J connectivity index is 1.57. The van der Waals surface area contributed by atoms with Crippen molar-refractivity contribution in [2.75, 3.05) is 33.8 Å². The fraction of sp³-hybridized carbons (Fsp3) is 0.138. The van der Waals surface area contributed by atoms with Crippen molar-refractivity contribution in [3.63, 3.8) is 0 Å². The van der Waals surface area contributed by atoms with Crippen LogP contribution in [0.3, 0.4) is 0 Å². The number of rotatable bonds is 10. The summed E-state index contributed by atoms with van der Waals surface area (Å²) in [6.07, 6.45) is 8.33. The van der Waals surface area contributed by atoms with E-state index in [1.807, 2.05) is 48.6 Å². The normalized spacial score (nSPS) is 11.2. The third-order valence-electron chi connectivity index (χ3n) is 5.78. The van der Waals surface area contributed by atoms with Crippen LogP contribution < -0.4 is 24.3 Å². The average molecular weight is 501 g/mol. The number of H-pyrrole nitrogens is 1. The molecule has 0 saturated carbocycles. The van der Waals surface area contributed by atoms with Crippen LogP contribution in [0, 0.1) is 0 Å². The number of phenolic OH excluding ortho intramolecular Hbond substituents is 1. The van der Waals surface area contributed by atoms with Crippen molar-refractivity contribution < 1.29 is 28.8 Å². The van der Waals surface area contributed by atoms with Crippen LogP contribution in [0.4, 0.5) is 5.69 Å². The van der Waals surface area contributed by atoms with Gasteiger partial charge in [-0.2, -0.15) is 0 Å². The molecule has 8 heteroatoms. The Morgan fingerprint density at radius 2 is 1.51 bits per heavy atom. The Bertz CT molecular complexity index is 1460. The third-order valence-corrected chi connectivity index (χ3v) is 5.78. The lowest BCUT2D eigenvalue weighted by atomic mass is 10.1. The Kier molecular flexibility index (Phi) is 7.68. The van der Waals surface area contributed by atoms with Crippen molar-refractivity contribution in [1.29, 1.82) is 0 Å². The molecule has 1 heterocycles. The molecule has 37 heavy (non-hydrogen) atoms. The monoisotopic (exact) mass is 500 g/mol. The molecule has 1 aromatic heterocycles. The molecule has 190 valence electrons. The van der Waals surface area contributed by atoms with Crippen LogP contribution in [0.15, 0.2) is 67.0 Å². The molecule has 4 rings (SSSR count). The summed E-state index contributed by atoms with van der Waals surface area (Å²) in [5.41, 5.74) is 3.47. The molecule has 0 bridgehead atoms. The highest BCUT2D eigenvalue weighted by atomic mass is 16.5. The van der Waals surface area contributed by atoms with Gasteiger partial charge in [0, 0.05) is 34.9 Å².